The zero-order valence-electron chi connectivity index (χ0n) is 9.10. The minimum Gasteiger partial charge on any atom is -0.472 e. The normalized spacial score (nSPS) is 11.5. The summed E-state index contributed by atoms with van der Waals surface area (Å²) < 4.78 is 6.77. The molecule has 0 aliphatic carbocycles. The van der Waals surface area contributed by atoms with Crippen molar-refractivity contribution in [1.82, 2.24) is 4.98 Å². The number of aromatic nitrogens is 1. The van der Waals surface area contributed by atoms with Crippen LogP contribution in [0.15, 0.2) is 16.6 Å². The molecule has 0 unspecified atom stereocenters. The van der Waals surface area contributed by atoms with E-state index in [-0.39, 0.29) is 5.60 Å². The van der Waals surface area contributed by atoms with Crippen LogP contribution in [0.5, 0.6) is 5.88 Å². The Balaban J connectivity index is 2.83. The number of pyridine rings is 1. The van der Waals surface area contributed by atoms with Gasteiger partial charge in [-0.05, 0) is 49.2 Å². The van der Waals surface area contributed by atoms with Gasteiger partial charge in [0.25, 0.3) is 0 Å². The number of nitrogens with zero attached hydrogens (tertiary/aromatic N) is 1. The second-order valence-electron chi connectivity index (χ2n) is 3.93. The van der Waals surface area contributed by atoms with Gasteiger partial charge in [-0.25, -0.2) is 4.98 Å². The van der Waals surface area contributed by atoms with Crippen LogP contribution in [-0.4, -0.2) is 10.6 Å². The Labute approximate surface area is 93.8 Å². The third-order valence-electron chi connectivity index (χ3n) is 2.23. The zero-order valence-corrected chi connectivity index (χ0v) is 10.7. The molecule has 0 spiro atoms. The van der Waals surface area contributed by atoms with Crippen LogP contribution in [-0.2, 0) is 0 Å². The van der Waals surface area contributed by atoms with Gasteiger partial charge in [0.2, 0.25) is 5.88 Å². The van der Waals surface area contributed by atoms with Crippen molar-refractivity contribution in [1.29, 1.82) is 0 Å². The largest absolute Gasteiger partial charge is 0.472 e. The summed E-state index contributed by atoms with van der Waals surface area (Å²) in [6, 6.07) is 3.85. The van der Waals surface area contributed by atoms with Gasteiger partial charge in [-0.3, -0.25) is 0 Å². The van der Waals surface area contributed by atoms with Gasteiger partial charge in [0.1, 0.15) is 5.60 Å². The first kappa shape index (κ1) is 11.5. The lowest BCUT2D eigenvalue weighted by molar-refractivity contribution is 0.0988. The number of hydrogen-bond donors (Lipinski definition) is 0. The number of hydrogen-bond acceptors (Lipinski definition) is 2. The summed E-state index contributed by atoms with van der Waals surface area (Å²) >= 11 is 3.41. The highest BCUT2D eigenvalue weighted by molar-refractivity contribution is 9.10. The molecule has 1 heterocycles. The lowest BCUT2D eigenvalue weighted by Gasteiger charge is -2.24. The fourth-order valence-corrected chi connectivity index (χ4v) is 1.15. The SMILES string of the molecule is CCC(C)(C)Oc1ccc(Br)c(C)n1. The van der Waals surface area contributed by atoms with Crippen molar-refractivity contribution in [2.45, 2.75) is 39.7 Å². The van der Waals surface area contributed by atoms with E-state index >= 15 is 0 Å². The molecule has 0 amide bonds. The molecule has 0 saturated carbocycles. The summed E-state index contributed by atoms with van der Waals surface area (Å²) in [5.41, 5.74) is 0.808. The molecule has 0 fully saturated rings. The van der Waals surface area contributed by atoms with Gasteiger partial charge in [0, 0.05) is 10.5 Å². The Morgan fingerprint density at radius 1 is 1.43 bits per heavy atom. The molecule has 0 bridgehead atoms. The van der Waals surface area contributed by atoms with Gasteiger partial charge in [-0.15, -0.1) is 0 Å². The molecule has 1 aromatic heterocycles. The Morgan fingerprint density at radius 3 is 2.57 bits per heavy atom. The molecule has 0 aliphatic rings. The molecule has 3 heteroatoms. The van der Waals surface area contributed by atoms with Crippen molar-refractivity contribution < 1.29 is 4.74 Å². The van der Waals surface area contributed by atoms with Crippen molar-refractivity contribution in [3.05, 3.63) is 22.3 Å². The van der Waals surface area contributed by atoms with Crippen molar-refractivity contribution in [3.63, 3.8) is 0 Å². The lowest BCUT2D eigenvalue weighted by Crippen LogP contribution is -2.27. The fourth-order valence-electron chi connectivity index (χ4n) is 0.933. The van der Waals surface area contributed by atoms with Gasteiger partial charge in [-0.1, -0.05) is 6.92 Å². The fraction of sp³-hybridized carbons (Fsp3) is 0.545. The van der Waals surface area contributed by atoms with Gasteiger partial charge in [0.05, 0.1) is 5.69 Å². The molecule has 1 rings (SSSR count). The Kier molecular flexibility index (Phi) is 3.53. The first-order valence-electron chi connectivity index (χ1n) is 4.77. The second-order valence-corrected chi connectivity index (χ2v) is 4.79. The standard InChI is InChI=1S/C11H16BrNO/c1-5-11(3,4)14-10-7-6-9(12)8(2)13-10/h6-7H,5H2,1-4H3. The Hall–Kier alpha value is -0.570. The summed E-state index contributed by atoms with van der Waals surface area (Å²) in [7, 11) is 0. The van der Waals surface area contributed by atoms with E-state index in [1.807, 2.05) is 19.1 Å². The van der Waals surface area contributed by atoms with E-state index in [2.05, 4.69) is 41.7 Å². The highest BCUT2D eigenvalue weighted by Gasteiger charge is 2.17. The Morgan fingerprint density at radius 2 is 2.07 bits per heavy atom. The van der Waals surface area contributed by atoms with Crippen LogP contribution in [0.4, 0.5) is 0 Å². The lowest BCUT2D eigenvalue weighted by atomic mass is 10.1. The molecule has 78 valence electrons. The second kappa shape index (κ2) is 4.30. The minimum absolute atomic E-state index is 0.146. The van der Waals surface area contributed by atoms with Crippen LogP contribution in [0.25, 0.3) is 0 Å². The van der Waals surface area contributed by atoms with E-state index in [1.165, 1.54) is 0 Å². The molecule has 0 N–H and O–H groups in total. The van der Waals surface area contributed by atoms with E-state index in [9.17, 15) is 0 Å². The summed E-state index contributed by atoms with van der Waals surface area (Å²) in [5, 5.41) is 0. The molecular formula is C11H16BrNO. The molecular weight excluding hydrogens is 242 g/mol. The molecule has 0 aliphatic heterocycles. The molecule has 0 radical (unpaired) electrons. The molecule has 2 nitrogen and oxygen atoms in total. The topological polar surface area (TPSA) is 22.1 Å². The highest BCUT2D eigenvalue weighted by Crippen LogP contribution is 2.22. The van der Waals surface area contributed by atoms with Gasteiger partial charge >= 0.3 is 0 Å². The quantitative estimate of drug-likeness (QED) is 0.824. The molecule has 0 aromatic carbocycles. The van der Waals surface area contributed by atoms with Crippen molar-refractivity contribution >= 4 is 15.9 Å². The molecule has 14 heavy (non-hydrogen) atoms. The van der Waals surface area contributed by atoms with E-state index in [1.54, 1.807) is 0 Å². The van der Waals surface area contributed by atoms with Crippen LogP contribution in [0.1, 0.15) is 32.9 Å². The number of rotatable bonds is 3. The van der Waals surface area contributed by atoms with Crippen molar-refractivity contribution in [2.24, 2.45) is 0 Å². The monoisotopic (exact) mass is 257 g/mol. The van der Waals surface area contributed by atoms with Crippen LogP contribution >= 0.6 is 15.9 Å². The summed E-state index contributed by atoms with van der Waals surface area (Å²) in [6.07, 6.45) is 0.962. The third kappa shape index (κ3) is 2.98. The van der Waals surface area contributed by atoms with Crippen LogP contribution in [0.2, 0.25) is 0 Å². The van der Waals surface area contributed by atoms with Crippen LogP contribution < -0.4 is 4.74 Å². The zero-order chi connectivity index (χ0) is 10.8. The summed E-state index contributed by atoms with van der Waals surface area (Å²) in [4.78, 5) is 4.34. The maximum atomic E-state index is 5.75. The first-order valence-corrected chi connectivity index (χ1v) is 5.56. The van der Waals surface area contributed by atoms with E-state index in [0.29, 0.717) is 5.88 Å². The van der Waals surface area contributed by atoms with Gasteiger partial charge in [-0.2, -0.15) is 0 Å². The number of halogens is 1. The average Bonchev–Trinajstić information content (AvgIpc) is 2.11. The smallest absolute Gasteiger partial charge is 0.214 e. The number of ether oxygens (including phenoxy) is 1. The van der Waals surface area contributed by atoms with Gasteiger partial charge in [0.15, 0.2) is 0 Å². The predicted octanol–water partition coefficient (Wildman–Crippen LogP) is 3.72. The summed E-state index contributed by atoms with van der Waals surface area (Å²) in [6.45, 7) is 8.18. The van der Waals surface area contributed by atoms with E-state index in [0.717, 1.165) is 16.6 Å². The van der Waals surface area contributed by atoms with Crippen LogP contribution in [0, 0.1) is 6.92 Å². The molecule has 0 saturated heterocycles. The van der Waals surface area contributed by atoms with E-state index < -0.39 is 0 Å². The van der Waals surface area contributed by atoms with Crippen molar-refractivity contribution in [2.75, 3.05) is 0 Å². The average molecular weight is 258 g/mol. The maximum Gasteiger partial charge on any atom is 0.214 e. The maximum absolute atomic E-state index is 5.75. The Bertz CT molecular complexity index is 323. The minimum atomic E-state index is -0.146. The first-order chi connectivity index (χ1) is 6.44. The summed E-state index contributed by atoms with van der Waals surface area (Å²) in [5.74, 6) is 0.692. The van der Waals surface area contributed by atoms with Crippen LogP contribution in [0.3, 0.4) is 0 Å². The molecule has 0 atom stereocenters. The molecule has 1 aromatic rings. The number of aryl methyl sites for hydroxylation is 1. The van der Waals surface area contributed by atoms with E-state index in [4.69, 9.17) is 4.74 Å². The highest BCUT2D eigenvalue weighted by atomic mass is 79.9. The van der Waals surface area contributed by atoms with Gasteiger partial charge < -0.3 is 4.74 Å². The third-order valence-corrected chi connectivity index (χ3v) is 3.07. The van der Waals surface area contributed by atoms with Crippen molar-refractivity contribution in [3.8, 4) is 5.88 Å². The predicted molar refractivity (Wildman–Crippen MR) is 61.7 cm³/mol.